The van der Waals surface area contributed by atoms with Crippen molar-refractivity contribution >= 4 is 41.0 Å². The van der Waals surface area contributed by atoms with E-state index in [1.807, 2.05) is 36.7 Å². The van der Waals surface area contributed by atoms with Crippen LogP contribution in [0, 0.1) is 5.92 Å². The summed E-state index contributed by atoms with van der Waals surface area (Å²) in [5, 5.41) is 1.14. The molecule has 1 unspecified atom stereocenters. The van der Waals surface area contributed by atoms with Gasteiger partial charge in [0.2, 0.25) is 0 Å². The monoisotopic (exact) mass is 510 g/mol. The summed E-state index contributed by atoms with van der Waals surface area (Å²) in [6, 6.07) is 16.7. The Hall–Kier alpha value is -3.08. The number of nitrogens with zero attached hydrogens (tertiary/aromatic N) is 5. The van der Waals surface area contributed by atoms with Crippen molar-refractivity contribution in [1.82, 2.24) is 24.3 Å². The second-order valence-electron chi connectivity index (χ2n) is 9.04. The van der Waals surface area contributed by atoms with Gasteiger partial charge < -0.3 is 0 Å². The molecule has 1 saturated carbocycles. The average molecular weight is 510 g/mol. The minimum absolute atomic E-state index is 0.510. The number of imidazole rings is 1. The van der Waals surface area contributed by atoms with Crippen molar-refractivity contribution in [2.75, 3.05) is 6.54 Å². The van der Waals surface area contributed by atoms with Gasteiger partial charge in [-0.2, -0.15) is 0 Å². The Kier molecular flexibility index (Phi) is 5.86. The van der Waals surface area contributed by atoms with Crippen molar-refractivity contribution in [1.29, 1.82) is 0 Å². The fourth-order valence-electron chi connectivity index (χ4n) is 4.99. The number of hydrogen-bond acceptors (Lipinski definition) is 5. The summed E-state index contributed by atoms with van der Waals surface area (Å²) in [6.45, 7) is 0.804. The molecule has 34 heavy (non-hydrogen) atoms. The molecule has 1 aromatic carbocycles. The number of pyridine rings is 2. The number of hydrogen-bond donors (Lipinski definition) is 1. The van der Waals surface area contributed by atoms with E-state index in [0.717, 1.165) is 38.8 Å². The van der Waals surface area contributed by atoms with E-state index in [4.69, 9.17) is 20.7 Å². The van der Waals surface area contributed by atoms with Gasteiger partial charge in [-0.15, -0.1) is 0 Å². The van der Waals surface area contributed by atoms with Crippen LogP contribution in [-0.4, -0.2) is 46.6 Å². The van der Waals surface area contributed by atoms with Gasteiger partial charge in [0.1, 0.15) is 0 Å². The molecule has 1 aliphatic carbocycles. The molecule has 0 amide bonds. The molecule has 0 aliphatic heterocycles. The number of aromatic nitrogens is 5. The first-order valence-corrected chi connectivity index (χ1v) is 14.0. The molecule has 4 heterocycles. The van der Waals surface area contributed by atoms with Gasteiger partial charge in [0.05, 0.1) is 0 Å². The maximum absolute atomic E-state index is 5.89. The zero-order valence-electron chi connectivity index (χ0n) is 18.9. The van der Waals surface area contributed by atoms with Gasteiger partial charge in [-0.25, -0.2) is 0 Å². The van der Waals surface area contributed by atoms with Crippen molar-refractivity contribution < 1.29 is 0 Å². The quantitative estimate of drug-likeness (QED) is 0.368. The maximum atomic E-state index is 5.89. The fraction of sp³-hybridized carbons (Fsp3) is 0.259. The van der Waals surface area contributed by atoms with E-state index in [9.17, 15) is 0 Å². The molecular formula is C27H27AsN6. The zero-order chi connectivity index (χ0) is 22.9. The Morgan fingerprint density at radius 1 is 0.912 bits per heavy atom. The van der Waals surface area contributed by atoms with Gasteiger partial charge in [0.15, 0.2) is 0 Å². The standard InChI is InChI=1S/C27H27AsN6/c29-16-18-4-6-20(7-5-18)27-32-17-25-26(31-13-14-34(25)27)28-21-10-8-19-9-11-23(33-24(19)15-21)22-3-1-2-12-30-22/h1-3,8-15,17-18,20,28H,4-7,16,29H2. The molecule has 6 rings (SSSR count). The summed E-state index contributed by atoms with van der Waals surface area (Å²) < 4.78 is 4.75. The molecule has 1 atom stereocenters. The van der Waals surface area contributed by atoms with E-state index in [1.165, 1.54) is 35.9 Å². The Labute approximate surface area is 205 Å². The fourth-order valence-corrected chi connectivity index (χ4v) is 7.30. The van der Waals surface area contributed by atoms with Gasteiger partial charge >= 0.3 is 206 Å². The molecule has 0 saturated heterocycles. The molecule has 5 aromatic rings. The van der Waals surface area contributed by atoms with Crippen molar-refractivity contribution in [3.05, 3.63) is 79.1 Å². The van der Waals surface area contributed by atoms with E-state index < -0.39 is 15.8 Å². The van der Waals surface area contributed by atoms with E-state index in [0.29, 0.717) is 11.8 Å². The Bertz CT molecular complexity index is 1440. The minimum atomic E-state index is -0.638. The number of benzene rings is 1. The van der Waals surface area contributed by atoms with Crippen LogP contribution in [0.5, 0.6) is 0 Å². The van der Waals surface area contributed by atoms with Crippen LogP contribution in [0.2, 0.25) is 0 Å². The van der Waals surface area contributed by atoms with Crippen LogP contribution in [0.25, 0.3) is 27.8 Å². The summed E-state index contributed by atoms with van der Waals surface area (Å²) in [5.74, 6) is 2.36. The number of nitrogens with two attached hydrogens (primary N) is 1. The molecule has 6 nitrogen and oxygen atoms in total. The predicted octanol–water partition coefficient (Wildman–Crippen LogP) is 2.96. The number of fused-ring (bicyclic) bond motifs is 2. The second kappa shape index (κ2) is 9.28. The summed E-state index contributed by atoms with van der Waals surface area (Å²) >= 11 is -0.638. The van der Waals surface area contributed by atoms with Crippen LogP contribution in [0.1, 0.15) is 37.4 Å². The van der Waals surface area contributed by atoms with Crippen molar-refractivity contribution in [2.24, 2.45) is 11.7 Å². The third-order valence-corrected chi connectivity index (χ3v) is 9.48. The Morgan fingerprint density at radius 3 is 2.62 bits per heavy atom. The molecular weight excluding hydrogens is 483 g/mol. The molecule has 1 aliphatic rings. The molecule has 4 aromatic heterocycles. The SMILES string of the molecule is NCC1CCC(c2ncc3c([AsH]c4ccc5ccc(-c6ccccn6)nc5c4)nccn23)CC1. The third-order valence-electron chi connectivity index (χ3n) is 6.91. The van der Waals surface area contributed by atoms with Crippen LogP contribution in [0.4, 0.5) is 0 Å². The molecule has 7 heteroatoms. The van der Waals surface area contributed by atoms with E-state index in [1.54, 1.807) is 6.20 Å². The first kappa shape index (κ1) is 21.5. The Morgan fingerprint density at radius 2 is 1.79 bits per heavy atom. The molecule has 0 radical (unpaired) electrons. The van der Waals surface area contributed by atoms with Gasteiger partial charge in [-0.1, -0.05) is 0 Å². The molecule has 2 N–H and O–H groups in total. The van der Waals surface area contributed by atoms with Gasteiger partial charge in [-0.05, 0) is 0 Å². The molecule has 170 valence electrons. The second-order valence-corrected chi connectivity index (χ2v) is 11.8. The molecule has 0 spiro atoms. The predicted molar refractivity (Wildman–Crippen MR) is 138 cm³/mol. The summed E-state index contributed by atoms with van der Waals surface area (Å²) in [5.41, 5.74) is 9.83. The molecule has 1 fully saturated rings. The summed E-state index contributed by atoms with van der Waals surface area (Å²) in [6.07, 6.45) is 12.6. The first-order chi connectivity index (χ1) is 16.8. The van der Waals surface area contributed by atoms with Gasteiger partial charge in [-0.3, -0.25) is 0 Å². The van der Waals surface area contributed by atoms with Crippen molar-refractivity contribution in [2.45, 2.75) is 31.6 Å². The normalized spacial score (nSPS) is 18.9. The third kappa shape index (κ3) is 4.13. The van der Waals surface area contributed by atoms with Crippen molar-refractivity contribution in [3.8, 4) is 11.4 Å². The van der Waals surface area contributed by atoms with Crippen LogP contribution in [0.3, 0.4) is 0 Å². The number of rotatable bonds is 5. The van der Waals surface area contributed by atoms with Crippen LogP contribution in [-0.2, 0) is 0 Å². The van der Waals surface area contributed by atoms with E-state index >= 15 is 0 Å². The zero-order valence-corrected chi connectivity index (χ0v) is 21.0. The first-order valence-electron chi connectivity index (χ1n) is 11.9. The van der Waals surface area contributed by atoms with Gasteiger partial charge in [0.25, 0.3) is 0 Å². The van der Waals surface area contributed by atoms with Crippen LogP contribution in [0.15, 0.2) is 73.3 Å². The van der Waals surface area contributed by atoms with E-state index in [-0.39, 0.29) is 0 Å². The van der Waals surface area contributed by atoms with Crippen molar-refractivity contribution in [3.63, 3.8) is 0 Å². The topological polar surface area (TPSA) is 82.0 Å². The summed E-state index contributed by atoms with van der Waals surface area (Å²) in [7, 11) is 0. The summed E-state index contributed by atoms with van der Waals surface area (Å²) in [4.78, 5) is 19.0. The Balaban J connectivity index is 1.30. The average Bonchev–Trinajstić information content (AvgIpc) is 3.34. The van der Waals surface area contributed by atoms with Crippen LogP contribution < -0.4 is 14.6 Å². The van der Waals surface area contributed by atoms with Gasteiger partial charge in [0, 0.05) is 0 Å². The molecule has 0 bridgehead atoms. The van der Waals surface area contributed by atoms with Crippen LogP contribution >= 0.6 is 0 Å². The van der Waals surface area contributed by atoms with E-state index in [2.05, 4.69) is 39.8 Å².